The van der Waals surface area contributed by atoms with Crippen LogP contribution in [0.15, 0.2) is 89.2 Å². The highest BCUT2D eigenvalue weighted by Crippen LogP contribution is 2.51. The Bertz CT molecular complexity index is 1520. The quantitative estimate of drug-likeness (QED) is 0.597. The van der Waals surface area contributed by atoms with Crippen molar-refractivity contribution in [2.45, 2.75) is 19.4 Å². The fourth-order valence-electron chi connectivity index (χ4n) is 4.46. The van der Waals surface area contributed by atoms with Crippen molar-refractivity contribution in [3.63, 3.8) is 0 Å². The Morgan fingerprint density at radius 1 is 1.06 bits per heavy atom. The molecular formula is C26H20FN3O3S. The van der Waals surface area contributed by atoms with Crippen LogP contribution in [0.25, 0.3) is 5.76 Å². The summed E-state index contributed by atoms with van der Waals surface area (Å²) in [5.41, 5.74) is 9.25. The number of allylic oxidation sites excluding steroid dienone is 2. The Kier molecular flexibility index (Phi) is 5.14. The van der Waals surface area contributed by atoms with Crippen molar-refractivity contribution < 1.29 is 17.5 Å². The highest BCUT2D eigenvalue weighted by atomic mass is 32.2. The van der Waals surface area contributed by atoms with Gasteiger partial charge in [0, 0.05) is 5.56 Å². The summed E-state index contributed by atoms with van der Waals surface area (Å²) in [5.74, 6) is -1.33. The highest BCUT2D eigenvalue weighted by Gasteiger charge is 2.47. The number of para-hydroxylation sites is 1. The van der Waals surface area contributed by atoms with Crippen LogP contribution in [0.2, 0.25) is 0 Å². The van der Waals surface area contributed by atoms with Gasteiger partial charge in [0.25, 0.3) is 10.0 Å². The fraction of sp³-hybridized carbons (Fsp3) is 0.115. The molecule has 3 aromatic carbocycles. The molecule has 2 aliphatic heterocycles. The number of nitrogens with zero attached hydrogens (tertiary/aromatic N) is 2. The van der Waals surface area contributed by atoms with Crippen LogP contribution >= 0.6 is 0 Å². The van der Waals surface area contributed by atoms with Gasteiger partial charge in [0.1, 0.15) is 22.4 Å². The van der Waals surface area contributed by atoms with E-state index in [0.29, 0.717) is 22.4 Å². The van der Waals surface area contributed by atoms with Crippen LogP contribution in [0.5, 0.6) is 0 Å². The molecule has 8 heteroatoms. The molecule has 2 N–H and O–H groups in total. The molecule has 0 unspecified atom stereocenters. The molecule has 2 aliphatic rings. The summed E-state index contributed by atoms with van der Waals surface area (Å²) in [6, 6.07) is 22.0. The molecule has 0 saturated heterocycles. The highest BCUT2D eigenvalue weighted by molar-refractivity contribution is 7.96. The third-order valence-corrected chi connectivity index (χ3v) is 7.98. The van der Waals surface area contributed by atoms with E-state index in [-0.39, 0.29) is 28.7 Å². The number of nitrogens with two attached hydrogens (primary N) is 1. The maximum absolute atomic E-state index is 14.2. The number of benzene rings is 3. The fourth-order valence-corrected chi connectivity index (χ4v) is 6.36. The Morgan fingerprint density at radius 2 is 1.74 bits per heavy atom. The molecule has 0 aromatic heterocycles. The van der Waals surface area contributed by atoms with Gasteiger partial charge in [0.15, 0.2) is 5.76 Å². The van der Waals surface area contributed by atoms with Gasteiger partial charge in [-0.3, -0.25) is 4.31 Å². The molecule has 3 aromatic rings. The lowest BCUT2D eigenvalue weighted by molar-refractivity contribution is 0.357. The molecule has 0 radical (unpaired) electrons. The summed E-state index contributed by atoms with van der Waals surface area (Å²) < 4.78 is 48.9. The van der Waals surface area contributed by atoms with E-state index in [4.69, 9.17) is 10.5 Å². The standard InChI is InChI=1S/C26H20FN3O3S/c1-16-6-2-3-7-19(16)23-21(14-28)26(29)33-24-20-8-4-5-9-22(20)30(34(31,32)25(23)24)15-17-10-12-18(27)13-11-17/h2-13,23H,15,29H2,1H3/t23-/m0/s1. The van der Waals surface area contributed by atoms with Crippen molar-refractivity contribution in [3.8, 4) is 6.07 Å². The maximum Gasteiger partial charge on any atom is 0.265 e. The van der Waals surface area contributed by atoms with Crippen molar-refractivity contribution in [3.05, 3.63) is 117 Å². The number of halogens is 1. The van der Waals surface area contributed by atoms with Crippen LogP contribution in [-0.2, 0) is 21.3 Å². The van der Waals surface area contributed by atoms with Gasteiger partial charge in [-0.15, -0.1) is 0 Å². The number of ether oxygens (including phenoxy) is 1. The number of hydrogen-bond acceptors (Lipinski definition) is 5. The second-order valence-corrected chi connectivity index (χ2v) is 9.96. The molecule has 34 heavy (non-hydrogen) atoms. The summed E-state index contributed by atoms with van der Waals surface area (Å²) in [5, 5.41) is 9.93. The Hall–Kier alpha value is -4.09. The van der Waals surface area contributed by atoms with E-state index in [1.54, 1.807) is 48.5 Å². The first-order valence-corrected chi connectivity index (χ1v) is 12.0. The molecule has 5 rings (SSSR count). The summed E-state index contributed by atoms with van der Waals surface area (Å²) in [7, 11) is -4.17. The summed E-state index contributed by atoms with van der Waals surface area (Å²) in [6.45, 7) is 1.84. The lowest BCUT2D eigenvalue weighted by atomic mass is 9.86. The van der Waals surface area contributed by atoms with E-state index in [1.165, 1.54) is 16.4 Å². The largest absolute Gasteiger partial charge is 0.439 e. The molecule has 6 nitrogen and oxygen atoms in total. The van der Waals surface area contributed by atoms with Crippen molar-refractivity contribution >= 4 is 21.5 Å². The van der Waals surface area contributed by atoms with Gasteiger partial charge >= 0.3 is 0 Å². The van der Waals surface area contributed by atoms with Crippen molar-refractivity contribution in [2.24, 2.45) is 5.73 Å². The predicted molar refractivity (Wildman–Crippen MR) is 127 cm³/mol. The van der Waals surface area contributed by atoms with Gasteiger partial charge < -0.3 is 10.5 Å². The molecule has 0 aliphatic carbocycles. The second-order valence-electron chi connectivity index (χ2n) is 8.13. The zero-order valence-corrected chi connectivity index (χ0v) is 19.0. The minimum absolute atomic E-state index is 0.0159. The Morgan fingerprint density at radius 3 is 2.44 bits per heavy atom. The van der Waals surface area contributed by atoms with E-state index in [0.717, 1.165) is 5.56 Å². The molecule has 0 bridgehead atoms. The Balaban J connectivity index is 1.77. The number of nitriles is 1. The average molecular weight is 474 g/mol. The smallest absolute Gasteiger partial charge is 0.265 e. The van der Waals surface area contributed by atoms with Gasteiger partial charge in [-0.1, -0.05) is 48.5 Å². The monoisotopic (exact) mass is 473 g/mol. The molecule has 0 saturated carbocycles. The first kappa shape index (κ1) is 21.7. The van der Waals surface area contributed by atoms with Crippen molar-refractivity contribution in [1.82, 2.24) is 0 Å². The van der Waals surface area contributed by atoms with Gasteiger partial charge in [-0.2, -0.15) is 5.26 Å². The molecule has 2 heterocycles. The molecule has 0 fully saturated rings. The molecule has 0 amide bonds. The third kappa shape index (κ3) is 3.33. The third-order valence-electron chi connectivity index (χ3n) is 6.10. The van der Waals surface area contributed by atoms with E-state index in [1.807, 2.05) is 19.1 Å². The lowest BCUT2D eigenvalue weighted by Gasteiger charge is -2.38. The van der Waals surface area contributed by atoms with E-state index in [2.05, 4.69) is 6.07 Å². The van der Waals surface area contributed by atoms with Crippen LogP contribution in [0.3, 0.4) is 0 Å². The molecule has 0 spiro atoms. The van der Waals surface area contributed by atoms with Crippen LogP contribution in [0, 0.1) is 24.1 Å². The van der Waals surface area contributed by atoms with Gasteiger partial charge in [0.2, 0.25) is 5.88 Å². The number of sulfonamides is 1. The number of hydrogen-bond donors (Lipinski definition) is 1. The Labute approximate surface area is 197 Å². The second kappa shape index (κ2) is 8.04. The van der Waals surface area contributed by atoms with Crippen LogP contribution < -0.4 is 10.0 Å². The van der Waals surface area contributed by atoms with Crippen LogP contribution in [0.4, 0.5) is 10.1 Å². The van der Waals surface area contributed by atoms with Gasteiger partial charge in [-0.05, 0) is 47.9 Å². The van der Waals surface area contributed by atoms with Gasteiger partial charge in [0.05, 0.1) is 18.2 Å². The minimum Gasteiger partial charge on any atom is -0.439 e. The summed E-state index contributed by atoms with van der Waals surface area (Å²) in [4.78, 5) is -0.0339. The zero-order valence-electron chi connectivity index (χ0n) is 18.2. The SMILES string of the molecule is Cc1ccccc1[C@H]1C(C#N)=C(N)OC2=C1S(=O)(=O)N(Cc1ccc(F)cc1)c1ccccc12. The van der Waals surface area contributed by atoms with E-state index < -0.39 is 21.8 Å². The van der Waals surface area contributed by atoms with E-state index in [9.17, 15) is 18.1 Å². The minimum atomic E-state index is -4.17. The predicted octanol–water partition coefficient (Wildman–Crippen LogP) is 4.66. The number of anilines is 1. The maximum atomic E-state index is 14.2. The first-order chi connectivity index (χ1) is 16.3. The number of aryl methyl sites for hydroxylation is 1. The van der Waals surface area contributed by atoms with Gasteiger partial charge in [-0.25, -0.2) is 12.8 Å². The van der Waals surface area contributed by atoms with Crippen LogP contribution in [-0.4, -0.2) is 8.42 Å². The topological polar surface area (TPSA) is 96.4 Å². The molecule has 170 valence electrons. The lowest BCUT2D eigenvalue weighted by Crippen LogP contribution is -2.39. The molecular weight excluding hydrogens is 453 g/mol. The zero-order chi connectivity index (χ0) is 24.0. The molecule has 1 atom stereocenters. The normalized spacial score (nSPS) is 18.6. The van der Waals surface area contributed by atoms with Crippen molar-refractivity contribution in [1.29, 1.82) is 5.26 Å². The first-order valence-electron chi connectivity index (χ1n) is 10.6. The van der Waals surface area contributed by atoms with Crippen LogP contribution in [0.1, 0.15) is 28.2 Å². The van der Waals surface area contributed by atoms with E-state index >= 15 is 0 Å². The number of fused-ring (bicyclic) bond motifs is 2. The summed E-state index contributed by atoms with van der Waals surface area (Å²) >= 11 is 0. The summed E-state index contributed by atoms with van der Waals surface area (Å²) in [6.07, 6.45) is 0. The number of rotatable bonds is 3. The average Bonchev–Trinajstić information content (AvgIpc) is 2.82. The van der Waals surface area contributed by atoms with Crippen molar-refractivity contribution in [2.75, 3.05) is 4.31 Å².